The van der Waals surface area contributed by atoms with Gasteiger partial charge in [0.2, 0.25) is 5.91 Å². The summed E-state index contributed by atoms with van der Waals surface area (Å²) >= 11 is 5.93. The lowest BCUT2D eigenvalue weighted by Gasteiger charge is -2.09. The number of nitrogens with zero attached hydrogens (tertiary/aromatic N) is 2. The van der Waals surface area contributed by atoms with Crippen molar-refractivity contribution >= 4 is 34.8 Å². The molecule has 3 rings (SSSR count). The van der Waals surface area contributed by atoms with Crippen LogP contribution in [0, 0.1) is 6.92 Å². The summed E-state index contributed by atoms with van der Waals surface area (Å²) in [6.07, 6.45) is 3.15. The number of hydrogen-bond acceptors (Lipinski definition) is 4. The molecule has 0 fully saturated rings. The molecule has 1 aromatic carbocycles. The number of pyridine rings is 2. The number of aryl methyl sites for hydroxylation is 1. The molecule has 0 aliphatic rings. The summed E-state index contributed by atoms with van der Waals surface area (Å²) in [7, 11) is 0. The summed E-state index contributed by atoms with van der Waals surface area (Å²) in [5, 5.41) is 5.57. The number of nitrogens with one attached hydrogen (secondary N) is 2. The van der Waals surface area contributed by atoms with Gasteiger partial charge in [-0.3, -0.25) is 14.4 Å². The van der Waals surface area contributed by atoms with E-state index in [-0.39, 0.29) is 29.1 Å². The summed E-state index contributed by atoms with van der Waals surface area (Å²) in [5.41, 5.74) is 1.96. The third-order valence-corrected chi connectivity index (χ3v) is 4.18. The molecular formula is C20H17ClN4O3. The molecule has 0 saturated carbocycles. The van der Waals surface area contributed by atoms with Crippen molar-refractivity contribution in [3.05, 3.63) is 87.6 Å². The van der Waals surface area contributed by atoms with E-state index in [9.17, 15) is 14.4 Å². The van der Waals surface area contributed by atoms with Crippen molar-refractivity contribution in [3.8, 4) is 0 Å². The van der Waals surface area contributed by atoms with Gasteiger partial charge in [0.1, 0.15) is 6.54 Å². The first kappa shape index (κ1) is 19.3. The van der Waals surface area contributed by atoms with Crippen LogP contribution in [0.1, 0.15) is 15.9 Å². The van der Waals surface area contributed by atoms with Gasteiger partial charge in [0.05, 0.1) is 5.69 Å². The summed E-state index contributed by atoms with van der Waals surface area (Å²) in [5.74, 6) is -0.689. The smallest absolute Gasteiger partial charge is 0.255 e. The van der Waals surface area contributed by atoms with E-state index >= 15 is 0 Å². The van der Waals surface area contributed by atoms with Crippen molar-refractivity contribution in [1.82, 2.24) is 9.55 Å². The van der Waals surface area contributed by atoms with Gasteiger partial charge >= 0.3 is 0 Å². The van der Waals surface area contributed by atoms with E-state index in [2.05, 4.69) is 15.6 Å². The van der Waals surface area contributed by atoms with Crippen LogP contribution in [-0.4, -0.2) is 21.4 Å². The second-order valence-electron chi connectivity index (χ2n) is 6.09. The SMILES string of the molecule is Cc1ccc(=O)n(CC(=O)Nc2ccc(C(=O)Nc3cccnc3Cl)cc2)c1. The van der Waals surface area contributed by atoms with Crippen molar-refractivity contribution in [2.75, 3.05) is 10.6 Å². The minimum atomic E-state index is -0.348. The van der Waals surface area contributed by atoms with Crippen molar-refractivity contribution in [1.29, 1.82) is 0 Å². The maximum absolute atomic E-state index is 12.3. The first-order valence-electron chi connectivity index (χ1n) is 8.41. The van der Waals surface area contributed by atoms with E-state index in [0.717, 1.165) is 5.56 Å². The Morgan fingerprint density at radius 3 is 2.54 bits per heavy atom. The molecule has 142 valence electrons. The Bertz CT molecular complexity index is 1080. The normalized spacial score (nSPS) is 10.4. The second-order valence-corrected chi connectivity index (χ2v) is 6.45. The van der Waals surface area contributed by atoms with Gasteiger partial charge in [-0.2, -0.15) is 0 Å². The van der Waals surface area contributed by atoms with Gasteiger partial charge in [-0.1, -0.05) is 17.7 Å². The topological polar surface area (TPSA) is 93.1 Å². The minimum absolute atomic E-state index is 0.0950. The lowest BCUT2D eigenvalue weighted by atomic mass is 10.2. The van der Waals surface area contributed by atoms with Crippen LogP contribution in [-0.2, 0) is 11.3 Å². The van der Waals surface area contributed by atoms with Crippen LogP contribution in [0.25, 0.3) is 0 Å². The highest BCUT2D eigenvalue weighted by atomic mass is 35.5. The molecule has 0 bridgehead atoms. The van der Waals surface area contributed by atoms with Gasteiger partial charge in [-0.05, 0) is 48.9 Å². The van der Waals surface area contributed by atoms with Gasteiger partial charge in [-0.15, -0.1) is 0 Å². The molecule has 0 aliphatic carbocycles. The average Bonchev–Trinajstić information content (AvgIpc) is 2.67. The van der Waals surface area contributed by atoms with Gasteiger partial charge in [0, 0.05) is 29.7 Å². The zero-order chi connectivity index (χ0) is 20.1. The van der Waals surface area contributed by atoms with E-state index in [1.54, 1.807) is 48.7 Å². The first-order chi connectivity index (χ1) is 13.4. The fraction of sp³-hybridized carbons (Fsp3) is 0.100. The van der Waals surface area contributed by atoms with Crippen LogP contribution in [0.2, 0.25) is 5.15 Å². The predicted octanol–water partition coefficient (Wildman–Crippen LogP) is 3.10. The van der Waals surface area contributed by atoms with E-state index < -0.39 is 0 Å². The van der Waals surface area contributed by atoms with Crippen LogP contribution in [0.5, 0.6) is 0 Å². The predicted molar refractivity (Wildman–Crippen MR) is 108 cm³/mol. The first-order valence-corrected chi connectivity index (χ1v) is 8.79. The van der Waals surface area contributed by atoms with Crippen molar-refractivity contribution in [3.63, 3.8) is 0 Å². The summed E-state index contributed by atoms with van der Waals surface area (Å²) in [6.45, 7) is 1.75. The number of benzene rings is 1. The van der Waals surface area contributed by atoms with Gasteiger partial charge in [-0.25, -0.2) is 4.98 Å². The van der Waals surface area contributed by atoms with E-state index in [0.29, 0.717) is 16.9 Å². The maximum atomic E-state index is 12.3. The molecule has 8 heteroatoms. The van der Waals surface area contributed by atoms with Crippen molar-refractivity contribution < 1.29 is 9.59 Å². The number of rotatable bonds is 5. The number of carbonyl (C=O) groups excluding carboxylic acids is 2. The zero-order valence-corrected chi connectivity index (χ0v) is 15.7. The number of halogens is 1. The molecule has 0 radical (unpaired) electrons. The molecule has 7 nitrogen and oxygen atoms in total. The highest BCUT2D eigenvalue weighted by Gasteiger charge is 2.10. The number of amides is 2. The largest absolute Gasteiger partial charge is 0.325 e. The molecule has 0 spiro atoms. The Morgan fingerprint density at radius 1 is 1.07 bits per heavy atom. The molecule has 28 heavy (non-hydrogen) atoms. The van der Waals surface area contributed by atoms with Crippen LogP contribution in [0.15, 0.2) is 65.7 Å². The average molecular weight is 397 g/mol. The van der Waals surface area contributed by atoms with Gasteiger partial charge < -0.3 is 15.2 Å². The van der Waals surface area contributed by atoms with Crippen molar-refractivity contribution in [2.45, 2.75) is 13.5 Å². The molecule has 0 saturated heterocycles. The summed E-state index contributed by atoms with van der Waals surface area (Å²) in [6, 6.07) is 12.8. The van der Waals surface area contributed by atoms with Crippen LogP contribution >= 0.6 is 11.6 Å². The molecule has 2 aromatic heterocycles. The molecule has 0 atom stereocenters. The Labute approximate surface area is 166 Å². The number of aromatic nitrogens is 2. The third-order valence-electron chi connectivity index (χ3n) is 3.88. The van der Waals surface area contributed by atoms with Gasteiger partial charge in [0.25, 0.3) is 11.5 Å². The second kappa shape index (κ2) is 8.49. The van der Waals surface area contributed by atoms with E-state index in [4.69, 9.17) is 11.6 Å². The standard InChI is InChI=1S/C20H17ClN4O3/c1-13-4-9-18(27)25(11-13)12-17(26)23-15-7-5-14(6-8-15)20(28)24-16-3-2-10-22-19(16)21/h2-11H,12H2,1H3,(H,23,26)(H,24,28). The molecule has 2 amide bonds. The lowest BCUT2D eigenvalue weighted by molar-refractivity contribution is -0.116. The summed E-state index contributed by atoms with van der Waals surface area (Å²) < 4.78 is 1.34. The fourth-order valence-corrected chi connectivity index (χ4v) is 2.68. The summed E-state index contributed by atoms with van der Waals surface area (Å²) in [4.78, 5) is 40.1. The Morgan fingerprint density at radius 2 is 1.82 bits per heavy atom. The van der Waals surface area contributed by atoms with Gasteiger partial charge in [0.15, 0.2) is 5.15 Å². The Hall–Kier alpha value is -3.45. The zero-order valence-electron chi connectivity index (χ0n) is 15.0. The van der Waals surface area contributed by atoms with Crippen LogP contribution in [0.3, 0.4) is 0 Å². The maximum Gasteiger partial charge on any atom is 0.255 e. The molecule has 0 aliphatic heterocycles. The molecule has 3 aromatic rings. The number of carbonyl (C=O) groups is 2. The number of hydrogen-bond donors (Lipinski definition) is 2. The highest BCUT2D eigenvalue weighted by Crippen LogP contribution is 2.19. The van der Waals surface area contributed by atoms with Crippen LogP contribution < -0.4 is 16.2 Å². The lowest BCUT2D eigenvalue weighted by Crippen LogP contribution is -2.26. The quantitative estimate of drug-likeness (QED) is 0.648. The van der Waals surface area contributed by atoms with Crippen LogP contribution in [0.4, 0.5) is 11.4 Å². The molecule has 2 N–H and O–H groups in total. The Balaban J connectivity index is 1.63. The number of anilines is 2. The Kier molecular flexibility index (Phi) is 5.86. The van der Waals surface area contributed by atoms with Crippen molar-refractivity contribution in [2.24, 2.45) is 0 Å². The molecule has 0 unspecified atom stereocenters. The third kappa shape index (κ3) is 4.83. The van der Waals surface area contributed by atoms with E-state index in [1.165, 1.54) is 16.8 Å². The molecular weight excluding hydrogens is 380 g/mol. The fourth-order valence-electron chi connectivity index (χ4n) is 2.51. The monoisotopic (exact) mass is 396 g/mol. The highest BCUT2D eigenvalue weighted by molar-refractivity contribution is 6.32. The minimum Gasteiger partial charge on any atom is -0.325 e. The molecule has 2 heterocycles. The van der Waals surface area contributed by atoms with E-state index in [1.807, 2.05) is 6.92 Å².